The Kier molecular flexibility index (Phi) is 8.06. The molecule has 1 fully saturated rings. The van der Waals surface area contributed by atoms with E-state index in [0.29, 0.717) is 26.2 Å². The van der Waals surface area contributed by atoms with Crippen molar-refractivity contribution in [3.05, 3.63) is 29.3 Å². The van der Waals surface area contributed by atoms with E-state index in [-0.39, 0.29) is 55.3 Å². The summed E-state index contributed by atoms with van der Waals surface area (Å²) in [5.74, 6) is -0.664. The van der Waals surface area contributed by atoms with E-state index in [1.54, 1.807) is 9.80 Å². The number of carbonyl (C=O) groups excluding carboxylic acids is 3. The van der Waals surface area contributed by atoms with Gasteiger partial charge in [0.05, 0.1) is 23.7 Å². The number of nitrogens with one attached hydrogen (secondary N) is 1. The molecule has 1 aromatic carbocycles. The van der Waals surface area contributed by atoms with Gasteiger partial charge in [-0.15, -0.1) is 0 Å². The minimum Gasteiger partial charge on any atom is -0.491 e. The molecule has 188 valence electrons. The zero-order valence-electron chi connectivity index (χ0n) is 19.7. The second-order valence-corrected chi connectivity index (χ2v) is 9.11. The highest BCUT2D eigenvalue weighted by Crippen LogP contribution is 2.33. The Morgan fingerprint density at radius 1 is 1.21 bits per heavy atom. The van der Waals surface area contributed by atoms with Crippen LogP contribution in [-0.2, 0) is 15.8 Å². The number of halogens is 3. The molecule has 11 heteroatoms. The van der Waals surface area contributed by atoms with E-state index in [4.69, 9.17) is 4.74 Å². The lowest BCUT2D eigenvalue weighted by molar-refractivity contribution is -0.143. The van der Waals surface area contributed by atoms with Gasteiger partial charge in [0.15, 0.2) is 0 Å². The van der Waals surface area contributed by atoms with Crippen molar-refractivity contribution in [3.63, 3.8) is 0 Å². The first-order valence-corrected chi connectivity index (χ1v) is 11.3. The predicted molar refractivity (Wildman–Crippen MR) is 118 cm³/mol. The van der Waals surface area contributed by atoms with Crippen LogP contribution in [0.2, 0.25) is 0 Å². The average Bonchev–Trinajstić information content (AvgIpc) is 2.76. The van der Waals surface area contributed by atoms with Crippen LogP contribution in [0.5, 0.6) is 5.75 Å². The van der Waals surface area contributed by atoms with E-state index in [1.165, 1.54) is 6.92 Å². The summed E-state index contributed by atoms with van der Waals surface area (Å²) in [7, 11) is 0. The molecule has 34 heavy (non-hydrogen) atoms. The van der Waals surface area contributed by atoms with Crippen molar-refractivity contribution in [2.45, 2.75) is 33.0 Å². The van der Waals surface area contributed by atoms with E-state index in [0.717, 1.165) is 18.2 Å². The van der Waals surface area contributed by atoms with Gasteiger partial charge in [0.25, 0.3) is 5.91 Å². The van der Waals surface area contributed by atoms with Gasteiger partial charge >= 0.3 is 6.18 Å². The van der Waals surface area contributed by atoms with Crippen molar-refractivity contribution < 1.29 is 32.3 Å². The third kappa shape index (κ3) is 6.40. The van der Waals surface area contributed by atoms with Crippen molar-refractivity contribution in [1.29, 1.82) is 0 Å². The smallest absolute Gasteiger partial charge is 0.416 e. The second kappa shape index (κ2) is 10.6. The lowest BCUT2D eigenvalue weighted by Gasteiger charge is -2.41. The van der Waals surface area contributed by atoms with Crippen LogP contribution in [0.25, 0.3) is 0 Å². The van der Waals surface area contributed by atoms with Crippen LogP contribution >= 0.6 is 0 Å². The molecular weight excluding hydrogens is 453 g/mol. The average molecular weight is 485 g/mol. The lowest BCUT2D eigenvalue weighted by Crippen LogP contribution is -2.59. The fraction of sp³-hybridized carbons (Fsp3) is 0.609. The summed E-state index contributed by atoms with van der Waals surface area (Å²) in [5, 5.41) is 2.65. The first kappa shape index (κ1) is 25.8. The van der Waals surface area contributed by atoms with Crippen LogP contribution in [0.3, 0.4) is 0 Å². The first-order valence-electron chi connectivity index (χ1n) is 11.3. The predicted octanol–water partition coefficient (Wildman–Crippen LogP) is 1.84. The number of ether oxygens (including phenoxy) is 1. The van der Waals surface area contributed by atoms with Crippen molar-refractivity contribution in [2.24, 2.45) is 5.92 Å². The topological polar surface area (TPSA) is 82.2 Å². The van der Waals surface area contributed by atoms with Crippen molar-refractivity contribution >= 4 is 17.7 Å². The molecule has 2 heterocycles. The van der Waals surface area contributed by atoms with Gasteiger partial charge in [-0.1, -0.05) is 13.8 Å². The van der Waals surface area contributed by atoms with Gasteiger partial charge in [0.1, 0.15) is 12.4 Å². The molecule has 1 saturated heterocycles. The molecule has 0 aliphatic carbocycles. The number of piperazine rings is 1. The van der Waals surface area contributed by atoms with Crippen LogP contribution in [-0.4, -0.2) is 90.9 Å². The van der Waals surface area contributed by atoms with Gasteiger partial charge in [0.2, 0.25) is 11.8 Å². The zero-order chi connectivity index (χ0) is 25.0. The number of benzene rings is 1. The van der Waals surface area contributed by atoms with Crippen LogP contribution in [0.4, 0.5) is 13.2 Å². The molecule has 8 nitrogen and oxygen atoms in total. The molecule has 3 rings (SSSR count). The molecule has 0 unspecified atom stereocenters. The van der Waals surface area contributed by atoms with Crippen molar-refractivity contribution in [3.8, 4) is 5.75 Å². The largest absolute Gasteiger partial charge is 0.491 e. The van der Waals surface area contributed by atoms with E-state index in [2.05, 4.69) is 5.32 Å². The van der Waals surface area contributed by atoms with Gasteiger partial charge in [-0.3, -0.25) is 19.3 Å². The Morgan fingerprint density at radius 2 is 1.94 bits per heavy atom. The summed E-state index contributed by atoms with van der Waals surface area (Å²) >= 11 is 0. The van der Waals surface area contributed by atoms with Crippen LogP contribution < -0.4 is 10.1 Å². The van der Waals surface area contributed by atoms with Gasteiger partial charge < -0.3 is 19.9 Å². The van der Waals surface area contributed by atoms with Crippen molar-refractivity contribution in [2.75, 3.05) is 52.4 Å². The maximum atomic E-state index is 13.3. The molecule has 0 bridgehead atoms. The van der Waals surface area contributed by atoms with Gasteiger partial charge in [-0.2, -0.15) is 13.2 Å². The molecule has 1 N–H and O–H groups in total. The Bertz CT molecular complexity index is 922. The molecule has 0 aromatic heterocycles. The fourth-order valence-electron chi connectivity index (χ4n) is 4.26. The second-order valence-electron chi connectivity index (χ2n) is 9.11. The fourth-order valence-corrected chi connectivity index (χ4v) is 4.26. The minimum atomic E-state index is -4.61. The molecule has 3 amide bonds. The molecule has 2 aliphatic rings. The summed E-state index contributed by atoms with van der Waals surface area (Å²) < 4.78 is 45.6. The van der Waals surface area contributed by atoms with Gasteiger partial charge in [0, 0.05) is 46.2 Å². The zero-order valence-corrected chi connectivity index (χ0v) is 19.7. The Labute approximate surface area is 197 Å². The minimum absolute atomic E-state index is 0.00358. The van der Waals surface area contributed by atoms with E-state index in [9.17, 15) is 27.6 Å². The molecule has 0 saturated carbocycles. The SMILES string of the molecule is CC(=O)N1CCN2C(=O)CN(CC(C)C)CCNC(=O)c3cc(C(F)(F)F)ccc3OC[C@@H]2C1. The molecular formula is C23H31F3N4O4. The number of alkyl halides is 3. The van der Waals surface area contributed by atoms with E-state index >= 15 is 0 Å². The summed E-state index contributed by atoms with van der Waals surface area (Å²) in [6, 6.07) is 2.27. The number of rotatable bonds is 2. The number of hydrogen-bond donors (Lipinski definition) is 1. The third-order valence-corrected chi connectivity index (χ3v) is 5.93. The van der Waals surface area contributed by atoms with Crippen molar-refractivity contribution in [1.82, 2.24) is 20.0 Å². The molecule has 0 spiro atoms. The molecule has 2 aliphatic heterocycles. The van der Waals surface area contributed by atoms with Gasteiger partial charge in [-0.05, 0) is 24.1 Å². The first-order chi connectivity index (χ1) is 16.0. The number of carbonyl (C=O) groups is 3. The Morgan fingerprint density at radius 3 is 2.59 bits per heavy atom. The summed E-state index contributed by atoms with van der Waals surface area (Å²) in [6.07, 6.45) is -4.61. The molecule has 1 aromatic rings. The summed E-state index contributed by atoms with van der Waals surface area (Å²) in [5.41, 5.74) is -1.17. The molecule has 1 atom stereocenters. The normalized spacial score (nSPS) is 21.0. The van der Waals surface area contributed by atoms with Gasteiger partial charge in [-0.25, -0.2) is 0 Å². The maximum Gasteiger partial charge on any atom is 0.416 e. The number of fused-ring (bicyclic) bond motifs is 2. The standard InChI is InChI=1S/C23H31F3N4O4/c1-15(2)11-28-7-6-27-22(33)19-10-17(23(24,25)26)4-5-20(19)34-14-18-12-29(16(3)31)8-9-30(18)21(32)13-28/h4-5,10,15,18H,6-9,11-14H2,1-3H3,(H,27,33)/t18-/m0/s1. The van der Waals surface area contributed by atoms with E-state index < -0.39 is 23.7 Å². The van der Waals surface area contributed by atoms with E-state index in [1.807, 2.05) is 18.7 Å². The highest BCUT2D eigenvalue weighted by atomic mass is 19.4. The van der Waals surface area contributed by atoms with Crippen LogP contribution in [0.15, 0.2) is 18.2 Å². The Balaban J connectivity index is 1.95. The van der Waals surface area contributed by atoms with Crippen LogP contribution in [0, 0.1) is 5.92 Å². The lowest BCUT2D eigenvalue weighted by atomic mass is 10.1. The molecule has 0 radical (unpaired) electrons. The summed E-state index contributed by atoms with van der Waals surface area (Å²) in [4.78, 5) is 43.1. The summed E-state index contributed by atoms with van der Waals surface area (Å²) in [6.45, 7) is 7.66. The third-order valence-electron chi connectivity index (χ3n) is 5.93. The Hall–Kier alpha value is -2.82. The number of amides is 3. The maximum absolute atomic E-state index is 13.3. The number of nitrogens with zero attached hydrogens (tertiary/aromatic N) is 3. The number of hydrogen-bond acceptors (Lipinski definition) is 5. The van der Waals surface area contributed by atoms with Crippen LogP contribution in [0.1, 0.15) is 36.7 Å². The quantitative estimate of drug-likeness (QED) is 0.693. The monoisotopic (exact) mass is 484 g/mol. The highest BCUT2D eigenvalue weighted by molar-refractivity contribution is 5.97. The highest BCUT2D eigenvalue weighted by Gasteiger charge is 2.35.